The molecule has 0 bridgehead atoms. The lowest BCUT2D eigenvalue weighted by atomic mass is 9.88. The standard InChI is InChI=1S/C21H28N2O3/c1-15(23-18(20(24)25)12-13-21(2,3)4)16-10-11-19(22-14-16)26-17-8-6-5-7-9-17/h5-11,14-15,18,23H,12-13H2,1-4H3,(H,24,25). The van der Waals surface area contributed by atoms with Gasteiger partial charge in [0.15, 0.2) is 0 Å². The molecule has 0 aliphatic rings. The zero-order chi connectivity index (χ0) is 19.2. The maximum absolute atomic E-state index is 11.5. The van der Waals surface area contributed by atoms with Crippen LogP contribution in [0.3, 0.4) is 0 Å². The van der Waals surface area contributed by atoms with Gasteiger partial charge in [-0.3, -0.25) is 10.1 Å². The highest BCUT2D eigenvalue weighted by Crippen LogP contribution is 2.24. The molecule has 0 amide bonds. The van der Waals surface area contributed by atoms with Crippen LogP contribution in [0.1, 0.15) is 52.1 Å². The van der Waals surface area contributed by atoms with Crippen LogP contribution in [0.25, 0.3) is 0 Å². The fourth-order valence-electron chi connectivity index (χ4n) is 2.57. The fourth-order valence-corrected chi connectivity index (χ4v) is 2.57. The number of pyridine rings is 1. The lowest BCUT2D eigenvalue weighted by Crippen LogP contribution is -2.39. The van der Waals surface area contributed by atoms with Crippen LogP contribution in [0, 0.1) is 5.41 Å². The molecular formula is C21H28N2O3. The first-order valence-corrected chi connectivity index (χ1v) is 8.92. The Morgan fingerprint density at radius 2 is 1.88 bits per heavy atom. The summed E-state index contributed by atoms with van der Waals surface area (Å²) >= 11 is 0. The van der Waals surface area contributed by atoms with Crippen molar-refractivity contribution in [2.45, 2.75) is 52.6 Å². The van der Waals surface area contributed by atoms with Crippen LogP contribution < -0.4 is 10.1 Å². The minimum Gasteiger partial charge on any atom is -0.480 e. The molecule has 5 heteroatoms. The van der Waals surface area contributed by atoms with Crippen LogP contribution in [-0.2, 0) is 4.79 Å². The second-order valence-electron chi connectivity index (χ2n) is 7.72. The van der Waals surface area contributed by atoms with Crippen molar-refractivity contribution >= 4 is 5.97 Å². The van der Waals surface area contributed by atoms with Gasteiger partial charge in [-0.25, -0.2) is 4.98 Å². The fraction of sp³-hybridized carbons (Fsp3) is 0.429. The topological polar surface area (TPSA) is 71.5 Å². The molecule has 1 aromatic carbocycles. The van der Waals surface area contributed by atoms with E-state index in [1.807, 2.05) is 43.3 Å². The first-order valence-electron chi connectivity index (χ1n) is 8.92. The van der Waals surface area contributed by atoms with Crippen LogP contribution in [-0.4, -0.2) is 22.1 Å². The number of benzene rings is 1. The highest BCUT2D eigenvalue weighted by atomic mass is 16.5. The molecule has 0 spiro atoms. The van der Waals surface area contributed by atoms with Gasteiger partial charge in [0, 0.05) is 18.3 Å². The van der Waals surface area contributed by atoms with Crippen molar-refractivity contribution < 1.29 is 14.6 Å². The Kier molecular flexibility index (Phi) is 6.75. The molecule has 2 atom stereocenters. The average molecular weight is 356 g/mol. The molecular weight excluding hydrogens is 328 g/mol. The molecule has 2 aromatic rings. The van der Waals surface area contributed by atoms with Gasteiger partial charge in [0.2, 0.25) is 5.88 Å². The number of carboxylic acid groups (broad SMARTS) is 1. The van der Waals surface area contributed by atoms with Gasteiger partial charge in [0.1, 0.15) is 11.8 Å². The summed E-state index contributed by atoms with van der Waals surface area (Å²) < 4.78 is 5.68. The third-order valence-corrected chi connectivity index (χ3v) is 4.16. The van der Waals surface area contributed by atoms with E-state index in [0.29, 0.717) is 12.3 Å². The number of para-hydroxylation sites is 1. The molecule has 5 nitrogen and oxygen atoms in total. The molecule has 0 aliphatic carbocycles. The number of ether oxygens (including phenoxy) is 1. The van der Waals surface area contributed by atoms with Gasteiger partial charge in [-0.05, 0) is 42.9 Å². The summed E-state index contributed by atoms with van der Waals surface area (Å²) in [6.45, 7) is 8.29. The first-order chi connectivity index (χ1) is 12.2. The van der Waals surface area contributed by atoms with E-state index in [1.54, 1.807) is 12.3 Å². The van der Waals surface area contributed by atoms with Crippen molar-refractivity contribution in [3.63, 3.8) is 0 Å². The summed E-state index contributed by atoms with van der Waals surface area (Å²) in [6.07, 6.45) is 3.15. The quantitative estimate of drug-likeness (QED) is 0.710. The van der Waals surface area contributed by atoms with E-state index in [1.165, 1.54) is 0 Å². The molecule has 140 valence electrons. The number of carboxylic acids is 1. The normalized spacial score (nSPS) is 13.8. The van der Waals surface area contributed by atoms with Crippen LogP contribution >= 0.6 is 0 Å². The van der Waals surface area contributed by atoms with Gasteiger partial charge >= 0.3 is 5.97 Å². The van der Waals surface area contributed by atoms with Crippen molar-refractivity contribution in [2.75, 3.05) is 0 Å². The summed E-state index contributed by atoms with van der Waals surface area (Å²) in [5.41, 5.74) is 1.03. The van der Waals surface area contributed by atoms with E-state index in [0.717, 1.165) is 17.7 Å². The molecule has 0 aliphatic heterocycles. The largest absolute Gasteiger partial charge is 0.480 e. The lowest BCUT2D eigenvalue weighted by molar-refractivity contribution is -0.140. The van der Waals surface area contributed by atoms with Crippen molar-refractivity contribution in [1.82, 2.24) is 10.3 Å². The van der Waals surface area contributed by atoms with Crippen LogP contribution in [0.4, 0.5) is 0 Å². The number of aromatic nitrogens is 1. The predicted octanol–water partition coefficient (Wildman–Crippen LogP) is 4.80. The van der Waals surface area contributed by atoms with Crippen LogP contribution in [0.2, 0.25) is 0 Å². The Bertz CT molecular complexity index is 693. The second kappa shape index (κ2) is 8.81. The van der Waals surface area contributed by atoms with Crippen molar-refractivity contribution in [1.29, 1.82) is 0 Å². The molecule has 2 unspecified atom stereocenters. The van der Waals surface area contributed by atoms with Crippen molar-refractivity contribution in [3.05, 3.63) is 54.2 Å². The van der Waals surface area contributed by atoms with Gasteiger partial charge in [0.05, 0.1) is 0 Å². The molecule has 0 saturated heterocycles. The Morgan fingerprint density at radius 3 is 2.42 bits per heavy atom. The van der Waals surface area contributed by atoms with E-state index in [-0.39, 0.29) is 11.5 Å². The van der Waals surface area contributed by atoms with Crippen molar-refractivity contribution in [2.24, 2.45) is 5.41 Å². The van der Waals surface area contributed by atoms with Gasteiger partial charge < -0.3 is 9.84 Å². The smallest absolute Gasteiger partial charge is 0.320 e. The third-order valence-electron chi connectivity index (χ3n) is 4.16. The second-order valence-corrected chi connectivity index (χ2v) is 7.72. The third kappa shape index (κ3) is 6.48. The molecule has 0 radical (unpaired) electrons. The monoisotopic (exact) mass is 356 g/mol. The Labute approximate surface area is 155 Å². The summed E-state index contributed by atoms with van der Waals surface area (Å²) in [5, 5.41) is 12.7. The van der Waals surface area contributed by atoms with E-state index in [2.05, 4.69) is 31.1 Å². The summed E-state index contributed by atoms with van der Waals surface area (Å²) in [7, 11) is 0. The number of hydrogen-bond acceptors (Lipinski definition) is 4. The summed E-state index contributed by atoms with van der Waals surface area (Å²) in [5.74, 6) is 0.416. The maximum atomic E-state index is 11.5. The number of hydrogen-bond donors (Lipinski definition) is 2. The minimum absolute atomic E-state index is 0.108. The van der Waals surface area contributed by atoms with E-state index in [9.17, 15) is 9.90 Å². The first kappa shape index (κ1) is 19.9. The zero-order valence-corrected chi connectivity index (χ0v) is 15.9. The number of nitrogens with zero attached hydrogens (tertiary/aromatic N) is 1. The molecule has 26 heavy (non-hydrogen) atoms. The van der Waals surface area contributed by atoms with Gasteiger partial charge in [-0.15, -0.1) is 0 Å². The van der Waals surface area contributed by atoms with Gasteiger partial charge in [-0.2, -0.15) is 0 Å². The lowest BCUT2D eigenvalue weighted by Gasteiger charge is -2.24. The number of carbonyl (C=O) groups is 1. The molecule has 1 aromatic heterocycles. The Morgan fingerprint density at radius 1 is 1.19 bits per heavy atom. The highest BCUT2D eigenvalue weighted by Gasteiger charge is 2.23. The molecule has 2 N–H and O–H groups in total. The molecule has 0 fully saturated rings. The number of aliphatic carboxylic acids is 1. The van der Waals surface area contributed by atoms with Gasteiger partial charge in [0.25, 0.3) is 0 Å². The highest BCUT2D eigenvalue weighted by molar-refractivity contribution is 5.73. The summed E-state index contributed by atoms with van der Waals surface area (Å²) in [6, 6.07) is 12.5. The summed E-state index contributed by atoms with van der Waals surface area (Å²) in [4.78, 5) is 15.9. The molecule has 0 saturated carbocycles. The minimum atomic E-state index is -0.821. The number of nitrogens with one attached hydrogen (secondary N) is 1. The predicted molar refractivity (Wildman–Crippen MR) is 102 cm³/mol. The van der Waals surface area contributed by atoms with E-state index in [4.69, 9.17) is 4.74 Å². The Hall–Kier alpha value is -2.40. The molecule has 1 heterocycles. The van der Waals surface area contributed by atoms with Crippen LogP contribution in [0.5, 0.6) is 11.6 Å². The average Bonchev–Trinajstić information content (AvgIpc) is 2.59. The van der Waals surface area contributed by atoms with Gasteiger partial charge in [-0.1, -0.05) is 45.0 Å². The number of rotatable bonds is 8. The SMILES string of the molecule is CC(NC(CCC(C)(C)C)C(=O)O)c1ccc(Oc2ccccc2)nc1. The Balaban J connectivity index is 1.97. The van der Waals surface area contributed by atoms with E-state index >= 15 is 0 Å². The zero-order valence-electron chi connectivity index (χ0n) is 15.9. The maximum Gasteiger partial charge on any atom is 0.320 e. The van der Waals surface area contributed by atoms with Crippen LogP contribution in [0.15, 0.2) is 48.7 Å². The van der Waals surface area contributed by atoms with Crippen molar-refractivity contribution in [3.8, 4) is 11.6 Å². The van der Waals surface area contributed by atoms with E-state index < -0.39 is 12.0 Å². The molecule has 2 rings (SSSR count).